The minimum atomic E-state index is 0.215. The largest absolute Gasteiger partial charge is 0.356 e. The number of para-hydroxylation sites is 1. The fourth-order valence-corrected chi connectivity index (χ4v) is 5.46. The summed E-state index contributed by atoms with van der Waals surface area (Å²) in [7, 11) is 0. The Morgan fingerprint density at radius 1 is 0.926 bits per heavy atom. The van der Waals surface area contributed by atoms with E-state index in [-0.39, 0.29) is 5.91 Å². The van der Waals surface area contributed by atoms with Crippen molar-refractivity contribution in [3.05, 3.63) is 35.9 Å². The van der Waals surface area contributed by atoms with E-state index < -0.39 is 0 Å². The number of benzene rings is 1. The molecule has 27 heavy (non-hydrogen) atoms. The minimum Gasteiger partial charge on any atom is -0.356 e. The third kappa shape index (κ3) is 3.09. The van der Waals surface area contributed by atoms with Crippen LogP contribution in [-0.4, -0.2) is 41.5 Å². The summed E-state index contributed by atoms with van der Waals surface area (Å²) in [5.41, 5.74) is 1.81. The summed E-state index contributed by atoms with van der Waals surface area (Å²) < 4.78 is 0. The molecule has 2 atom stereocenters. The Balaban J connectivity index is 1.55. The number of carbonyl (C=O) groups is 1. The van der Waals surface area contributed by atoms with Crippen molar-refractivity contribution in [2.24, 2.45) is 5.92 Å². The quantitative estimate of drug-likeness (QED) is 0.780. The van der Waals surface area contributed by atoms with Crippen LogP contribution in [0, 0.1) is 5.92 Å². The zero-order chi connectivity index (χ0) is 18.2. The predicted octanol–water partition coefficient (Wildman–Crippen LogP) is 4.63. The molecule has 2 saturated heterocycles. The zero-order valence-electron chi connectivity index (χ0n) is 16.1. The third-order valence-electron chi connectivity index (χ3n) is 6.84. The highest BCUT2D eigenvalue weighted by Gasteiger charge is 2.37. The number of hydrogen-bond donors (Lipinski definition) is 0. The van der Waals surface area contributed by atoms with E-state index in [2.05, 4.69) is 28.0 Å². The van der Waals surface area contributed by atoms with Gasteiger partial charge in [0.15, 0.2) is 0 Å². The van der Waals surface area contributed by atoms with Gasteiger partial charge in [-0.2, -0.15) is 0 Å². The molecule has 3 aliphatic rings. The van der Waals surface area contributed by atoms with Crippen LogP contribution < -0.4 is 4.90 Å². The van der Waals surface area contributed by atoms with Crippen molar-refractivity contribution in [2.75, 3.05) is 24.5 Å². The second-order valence-electron chi connectivity index (χ2n) is 8.50. The van der Waals surface area contributed by atoms with Crippen molar-refractivity contribution in [1.82, 2.24) is 9.88 Å². The summed E-state index contributed by atoms with van der Waals surface area (Å²) in [5.74, 6) is 1.83. The SMILES string of the molecule is O=C(c1cc2ccccc2nc1N1CCCC1)N1CCCC2CCCCC21. The summed E-state index contributed by atoms with van der Waals surface area (Å²) in [5, 5.41) is 1.07. The molecule has 1 aromatic carbocycles. The van der Waals surface area contributed by atoms with Crippen LogP contribution >= 0.6 is 0 Å². The molecule has 1 aliphatic carbocycles. The van der Waals surface area contributed by atoms with E-state index in [1.807, 2.05) is 12.1 Å². The average molecular weight is 364 g/mol. The fraction of sp³-hybridized carbons (Fsp3) is 0.565. The summed E-state index contributed by atoms with van der Waals surface area (Å²) in [6.45, 7) is 2.93. The number of fused-ring (bicyclic) bond motifs is 2. The number of piperidine rings is 1. The molecule has 1 aromatic heterocycles. The van der Waals surface area contributed by atoms with E-state index in [1.165, 1.54) is 44.9 Å². The van der Waals surface area contributed by atoms with Gasteiger partial charge in [0.1, 0.15) is 5.82 Å². The molecule has 3 heterocycles. The van der Waals surface area contributed by atoms with E-state index in [0.29, 0.717) is 12.0 Å². The average Bonchev–Trinajstić information content (AvgIpc) is 3.26. The van der Waals surface area contributed by atoms with Gasteiger partial charge in [-0.1, -0.05) is 31.0 Å². The molecule has 1 saturated carbocycles. The molecule has 4 nitrogen and oxygen atoms in total. The van der Waals surface area contributed by atoms with E-state index in [9.17, 15) is 4.79 Å². The molecule has 2 unspecified atom stereocenters. The van der Waals surface area contributed by atoms with Gasteiger partial charge in [0.2, 0.25) is 0 Å². The van der Waals surface area contributed by atoms with Crippen LogP contribution in [0.15, 0.2) is 30.3 Å². The molecule has 0 radical (unpaired) electrons. The van der Waals surface area contributed by atoms with Gasteiger partial charge in [-0.15, -0.1) is 0 Å². The summed E-state index contributed by atoms with van der Waals surface area (Å²) in [6.07, 6.45) is 9.89. The fourth-order valence-electron chi connectivity index (χ4n) is 5.46. The molecule has 142 valence electrons. The van der Waals surface area contributed by atoms with Crippen LogP contribution in [0.25, 0.3) is 10.9 Å². The van der Waals surface area contributed by atoms with Gasteiger partial charge in [0.05, 0.1) is 11.1 Å². The molecule has 1 amide bonds. The number of aromatic nitrogens is 1. The molecular formula is C23H29N3O. The number of carbonyl (C=O) groups excluding carboxylic acids is 1. The van der Waals surface area contributed by atoms with Gasteiger partial charge in [0.25, 0.3) is 5.91 Å². The van der Waals surface area contributed by atoms with Crippen molar-refractivity contribution in [3.8, 4) is 0 Å². The monoisotopic (exact) mass is 363 g/mol. The Labute approximate surface area is 161 Å². The smallest absolute Gasteiger partial charge is 0.257 e. The Morgan fingerprint density at radius 2 is 1.70 bits per heavy atom. The number of nitrogens with zero attached hydrogens (tertiary/aromatic N) is 3. The van der Waals surface area contributed by atoms with Crippen LogP contribution in [0.2, 0.25) is 0 Å². The van der Waals surface area contributed by atoms with Crippen LogP contribution in [0.5, 0.6) is 0 Å². The van der Waals surface area contributed by atoms with E-state index in [0.717, 1.165) is 48.3 Å². The summed E-state index contributed by atoms with van der Waals surface area (Å²) in [4.78, 5) is 23.2. The lowest BCUT2D eigenvalue weighted by molar-refractivity contribution is 0.0391. The maximum absolute atomic E-state index is 13.7. The highest BCUT2D eigenvalue weighted by atomic mass is 16.2. The summed E-state index contributed by atoms with van der Waals surface area (Å²) in [6, 6.07) is 10.7. The standard InChI is InChI=1S/C23H29N3O/c27-23(26-15-7-10-17-8-2-4-12-21(17)26)19-16-18-9-1-3-11-20(18)24-22(19)25-13-5-6-14-25/h1,3,9,11,16-17,21H,2,4-8,10,12-15H2. The molecule has 0 spiro atoms. The first kappa shape index (κ1) is 17.0. The first-order valence-electron chi connectivity index (χ1n) is 10.8. The van der Waals surface area contributed by atoms with E-state index >= 15 is 0 Å². The zero-order valence-corrected chi connectivity index (χ0v) is 16.1. The Hall–Kier alpha value is -2.10. The van der Waals surface area contributed by atoms with Crippen molar-refractivity contribution < 1.29 is 4.79 Å². The van der Waals surface area contributed by atoms with Gasteiger partial charge < -0.3 is 9.80 Å². The van der Waals surface area contributed by atoms with Crippen LogP contribution in [0.3, 0.4) is 0 Å². The van der Waals surface area contributed by atoms with Gasteiger partial charge in [-0.25, -0.2) is 4.98 Å². The molecule has 0 N–H and O–H groups in total. The van der Waals surface area contributed by atoms with Crippen LogP contribution in [0.1, 0.15) is 61.7 Å². The second kappa shape index (κ2) is 7.14. The number of pyridine rings is 1. The summed E-state index contributed by atoms with van der Waals surface area (Å²) >= 11 is 0. The highest BCUT2D eigenvalue weighted by Crippen LogP contribution is 2.37. The lowest BCUT2D eigenvalue weighted by atomic mass is 9.78. The Kier molecular flexibility index (Phi) is 4.50. The molecule has 2 aromatic rings. The first-order valence-corrected chi connectivity index (χ1v) is 10.8. The molecule has 5 rings (SSSR count). The maximum Gasteiger partial charge on any atom is 0.257 e. The molecule has 0 bridgehead atoms. The second-order valence-corrected chi connectivity index (χ2v) is 8.50. The Bertz CT molecular complexity index is 841. The lowest BCUT2D eigenvalue weighted by Crippen LogP contribution is -2.50. The van der Waals surface area contributed by atoms with Gasteiger partial charge >= 0.3 is 0 Å². The topological polar surface area (TPSA) is 36.4 Å². The lowest BCUT2D eigenvalue weighted by Gasteiger charge is -2.44. The van der Waals surface area contributed by atoms with Crippen molar-refractivity contribution in [3.63, 3.8) is 0 Å². The number of amides is 1. The molecule has 4 heteroatoms. The number of anilines is 1. The third-order valence-corrected chi connectivity index (χ3v) is 6.84. The Morgan fingerprint density at radius 3 is 2.59 bits per heavy atom. The van der Waals surface area contributed by atoms with Crippen LogP contribution in [0.4, 0.5) is 5.82 Å². The number of likely N-dealkylation sites (tertiary alicyclic amines) is 1. The van der Waals surface area contributed by atoms with Crippen LogP contribution in [-0.2, 0) is 0 Å². The number of rotatable bonds is 2. The van der Waals surface area contributed by atoms with Gasteiger partial charge in [-0.3, -0.25) is 4.79 Å². The van der Waals surface area contributed by atoms with Gasteiger partial charge in [0, 0.05) is 31.1 Å². The van der Waals surface area contributed by atoms with E-state index in [1.54, 1.807) is 0 Å². The van der Waals surface area contributed by atoms with E-state index in [4.69, 9.17) is 4.98 Å². The predicted molar refractivity (Wildman–Crippen MR) is 109 cm³/mol. The molecular weight excluding hydrogens is 334 g/mol. The minimum absolute atomic E-state index is 0.215. The van der Waals surface area contributed by atoms with Crippen molar-refractivity contribution >= 4 is 22.6 Å². The normalized spacial score (nSPS) is 25.6. The van der Waals surface area contributed by atoms with Crippen molar-refractivity contribution in [2.45, 2.75) is 57.4 Å². The highest BCUT2D eigenvalue weighted by molar-refractivity contribution is 6.02. The van der Waals surface area contributed by atoms with Crippen molar-refractivity contribution in [1.29, 1.82) is 0 Å². The first-order chi connectivity index (χ1) is 13.3. The molecule has 2 aliphatic heterocycles. The number of hydrogen-bond acceptors (Lipinski definition) is 3. The van der Waals surface area contributed by atoms with Gasteiger partial charge in [-0.05, 0) is 56.6 Å². The maximum atomic E-state index is 13.7. The molecule has 3 fully saturated rings.